The van der Waals surface area contributed by atoms with Crippen molar-refractivity contribution in [3.8, 4) is 0 Å². The molecule has 4 heteroatoms. The molecule has 0 saturated carbocycles. The molecule has 3 rings (SSSR count). The molecule has 0 heterocycles. The van der Waals surface area contributed by atoms with Crippen LogP contribution in [0.2, 0.25) is 0 Å². The lowest BCUT2D eigenvalue weighted by Crippen LogP contribution is -2.46. The summed E-state index contributed by atoms with van der Waals surface area (Å²) in [6, 6.07) is 31.2. The van der Waals surface area contributed by atoms with Gasteiger partial charge in [0.15, 0.2) is 0 Å². The topological polar surface area (TPSA) is 38.7 Å². The number of aliphatic hydroxyl groups excluding tert-OH is 1. The first-order chi connectivity index (χ1) is 13.7. The summed E-state index contributed by atoms with van der Waals surface area (Å²) in [5.74, 6) is -0.510. The second-order valence-corrected chi connectivity index (χ2v) is 9.92. The smallest absolute Gasteiger partial charge is 0.232 e. The first-order valence-corrected chi connectivity index (χ1v) is 11.6. The molecule has 0 spiro atoms. The summed E-state index contributed by atoms with van der Waals surface area (Å²) in [4.78, 5) is 0. The Balaban J connectivity index is 2.36. The lowest BCUT2D eigenvalue weighted by molar-refractivity contribution is -0.147. The van der Waals surface area contributed by atoms with Crippen LogP contribution in [0.15, 0.2) is 91.0 Å². The van der Waals surface area contributed by atoms with Gasteiger partial charge in [0.25, 0.3) is 0 Å². The minimum Gasteiger partial charge on any atom is -0.363 e. The van der Waals surface area contributed by atoms with Crippen LogP contribution in [-0.4, -0.2) is 30.5 Å². The fraction of sp³-hybridized carbons (Fsp3) is 0.250. The van der Waals surface area contributed by atoms with Crippen LogP contribution < -0.4 is 15.9 Å². The molecule has 0 aliphatic carbocycles. The van der Waals surface area contributed by atoms with Gasteiger partial charge in [-0.05, 0) is 50.2 Å². The summed E-state index contributed by atoms with van der Waals surface area (Å²) >= 11 is 0. The first-order valence-electron chi connectivity index (χ1n) is 9.72. The molecule has 0 bridgehead atoms. The third-order valence-electron chi connectivity index (χ3n) is 4.79. The van der Waals surface area contributed by atoms with Crippen LogP contribution in [0.25, 0.3) is 0 Å². The van der Waals surface area contributed by atoms with E-state index in [-0.39, 0.29) is 0 Å². The van der Waals surface area contributed by atoms with E-state index in [0.717, 1.165) is 15.9 Å². The molecule has 28 heavy (non-hydrogen) atoms. The third kappa shape index (κ3) is 4.04. The van der Waals surface area contributed by atoms with Crippen molar-refractivity contribution in [3.63, 3.8) is 0 Å². The van der Waals surface area contributed by atoms with Crippen LogP contribution in [0, 0.1) is 0 Å². The van der Waals surface area contributed by atoms with Gasteiger partial charge in [0, 0.05) is 13.2 Å². The van der Waals surface area contributed by atoms with E-state index in [9.17, 15) is 5.11 Å². The van der Waals surface area contributed by atoms with E-state index in [1.165, 1.54) is 0 Å². The van der Waals surface area contributed by atoms with E-state index in [1.54, 1.807) is 0 Å². The molecule has 3 aromatic carbocycles. The summed E-state index contributed by atoms with van der Waals surface area (Å²) in [7, 11) is -2.36. The molecule has 0 radical (unpaired) electrons. The Hall–Kier alpha value is -2.03. The Morgan fingerprint density at radius 3 is 1.32 bits per heavy atom. The van der Waals surface area contributed by atoms with Gasteiger partial charge in [0.05, 0.1) is 0 Å². The van der Waals surface area contributed by atoms with E-state index in [2.05, 4.69) is 36.4 Å². The van der Waals surface area contributed by atoms with Crippen LogP contribution in [-0.2, 0) is 9.47 Å². The van der Waals surface area contributed by atoms with Gasteiger partial charge in [-0.25, -0.2) is 0 Å². The van der Waals surface area contributed by atoms with E-state index in [0.29, 0.717) is 13.2 Å². The van der Waals surface area contributed by atoms with Crippen LogP contribution in [0.4, 0.5) is 0 Å². The highest BCUT2D eigenvalue weighted by Gasteiger charge is 2.56. The zero-order valence-corrected chi connectivity index (χ0v) is 17.3. The predicted octanol–water partition coefficient (Wildman–Crippen LogP) is 3.70. The maximum Gasteiger partial charge on any atom is 0.232 e. The van der Waals surface area contributed by atoms with Crippen molar-refractivity contribution >= 4 is 23.2 Å². The molecule has 2 atom stereocenters. The average molecular weight is 395 g/mol. The minimum absolute atomic E-state index is 0.420. The highest BCUT2D eigenvalue weighted by molar-refractivity contribution is 7.96. The molecular weight excluding hydrogens is 367 g/mol. The molecule has 1 N–H and O–H groups in total. The Bertz CT molecular complexity index is 728. The fourth-order valence-electron chi connectivity index (χ4n) is 3.69. The largest absolute Gasteiger partial charge is 0.363 e. The molecular formula is C24H28O3P+. The van der Waals surface area contributed by atoms with E-state index < -0.39 is 19.4 Å². The Morgan fingerprint density at radius 1 is 0.643 bits per heavy atom. The summed E-state index contributed by atoms with van der Waals surface area (Å²) < 4.78 is 11.9. The van der Waals surface area contributed by atoms with Gasteiger partial charge in [-0.2, -0.15) is 0 Å². The summed E-state index contributed by atoms with van der Waals surface area (Å²) in [5.41, 5.74) is 0. The highest BCUT2D eigenvalue weighted by atomic mass is 31.2. The average Bonchev–Trinajstić information content (AvgIpc) is 2.76. The molecule has 146 valence electrons. The maximum atomic E-state index is 11.0. The number of hydrogen-bond acceptors (Lipinski definition) is 3. The molecule has 0 amide bonds. The SMILES string of the molecule is CCOC(O)C(OCC)[P+](c1ccccc1)(c1ccccc1)c1ccccc1. The molecule has 0 aliphatic rings. The van der Waals surface area contributed by atoms with E-state index >= 15 is 0 Å². The van der Waals surface area contributed by atoms with Crippen molar-refractivity contribution in [2.75, 3.05) is 13.2 Å². The summed E-state index contributed by atoms with van der Waals surface area (Å²) in [6.07, 6.45) is -1.03. The second kappa shape index (κ2) is 9.95. The van der Waals surface area contributed by atoms with Gasteiger partial charge in [0.2, 0.25) is 12.1 Å². The molecule has 2 unspecified atom stereocenters. The summed E-state index contributed by atoms with van der Waals surface area (Å²) in [6.45, 7) is 4.76. The van der Waals surface area contributed by atoms with Crippen LogP contribution in [0.5, 0.6) is 0 Å². The van der Waals surface area contributed by atoms with Crippen LogP contribution >= 0.6 is 7.26 Å². The van der Waals surface area contributed by atoms with E-state index in [1.807, 2.05) is 68.4 Å². The van der Waals surface area contributed by atoms with Crippen molar-refractivity contribution in [1.29, 1.82) is 0 Å². The molecule has 0 aromatic heterocycles. The normalized spacial score (nSPS) is 13.8. The summed E-state index contributed by atoms with van der Waals surface area (Å²) in [5, 5.41) is 14.5. The second-order valence-electron chi connectivity index (χ2n) is 6.42. The van der Waals surface area contributed by atoms with Gasteiger partial charge in [-0.15, -0.1) is 0 Å². The number of ether oxygens (including phenoxy) is 2. The van der Waals surface area contributed by atoms with Crippen molar-refractivity contribution in [1.82, 2.24) is 0 Å². The van der Waals surface area contributed by atoms with Gasteiger partial charge in [-0.3, -0.25) is 0 Å². The van der Waals surface area contributed by atoms with E-state index in [4.69, 9.17) is 9.47 Å². The van der Waals surface area contributed by atoms with Gasteiger partial charge in [-0.1, -0.05) is 54.6 Å². The third-order valence-corrected chi connectivity index (χ3v) is 9.30. The number of benzene rings is 3. The Labute approximate surface area is 168 Å². The van der Waals surface area contributed by atoms with Crippen molar-refractivity contribution in [2.45, 2.75) is 26.0 Å². The Morgan fingerprint density at radius 2 is 1.00 bits per heavy atom. The molecule has 0 fully saturated rings. The lowest BCUT2D eigenvalue weighted by atomic mass is 10.4. The first kappa shape index (κ1) is 20.7. The van der Waals surface area contributed by atoms with Crippen molar-refractivity contribution in [3.05, 3.63) is 91.0 Å². The van der Waals surface area contributed by atoms with Gasteiger partial charge in [0.1, 0.15) is 23.2 Å². The zero-order valence-electron chi connectivity index (χ0n) is 16.4. The monoisotopic (exact) mass is 395 g/mol. The highest BCUT2D eigenvalue weighted by Crippen LogP contribution is 2.61. The number of aliphatic hydroxyl groups is 1. The van der Waals surface area contributed by atoms with Crippen molar-refractivity contribution < 1.29 is 14.6 Å². The zero-order chi connectivity index (χ0) is 19.8. The fourth-order valence-corrected chi connectivity index (χ4v) is 8.23. The van der Waals surface area contributed by atoms with Gasteiger partial charge >= 0.3 is 0 Å². The van der Waals surface area contributed by atoms with Crippen molar-refractivity contribution in [2.24, 2.45) is 0 Å². The predicted molar refractivity (Wildman–Crippen MR) is 118 cm³/mol. The van der Waals surface area contributed by atoms with Gasteiger partial charge < -0.3 is 14.6 Å². The van der Waals surface area contributed by atoms with Crippen LogP contribution in [0.1, 0.15) is 13.8 Å². The Kier molecular flexibility index (Phi) is 7.36. The lowest BCUT2D eigenvalue weighted by Gasteiger charge is -2.36. The quantitative estimate of drug-likeness (QED) is 0.444. The molecule has 3 nitrogen and oxygen atoms in total. The van der Waals surface area contributed by atoms with Crippen LogP contribution in [0.3, 0.4) is 0 Å². The molecule has 0 aliphatic heterocycles. The maximum absolute atomic E-state index is 11.0. The molecule has 3 aromatic rings. The standard InChI is InChI=1S/C24H28O3P/c1-3-26-23(25)24(27-4-2)28(20-14-8-5-9-15-20,21-16-10-6-11-17-21)22-18-12-7-13-19-22/h5-19,23-25H,3-4H2,1-2H3/q+1. The number of rotatable bonds is 9. The number of hydrogen-bond donors (Lipinski definition) is 1. The molecule has 0 saturated heterocycles. The minimum atomic E-state index is -2.36.